The van der Waals surface area contributed by atoms with E-state index in [1.54, 1.807) is 36.5 Å². The Balaban J connectivity index is 1.95. The van der Waals surface area contributed by atoms with Gasteiger partial charge >= 0.3 is 0 Å². The predicted molar refractivity (Wildman–Crippen MR) is 111 cm³/mol. The van der Waals surface area contributed by atoms with Gasteiger partial charge in [0.1, 0.15) is 23.0 Å². The van der Waals surface area contributed by atoms with Crippen molar-refractivity contribution in [1.82, 2.24) is 18.9 Å². The lowest BCUT2D eigenvalue weighted by Crippen LogP contribution is -2.28. The molecular formula is C21H16FN7O. The number of nitrogens with two attached hydrogens (primary N) is 1. The zero-order chi connectivity index (χ0) is 21.3. The van der Waals surface area contributed by atoms with Gasteiger partial charge in [-0.3, -0.25) is 9.36 Å². The average molecular weight is 401 g/mol. The lowest BCUT2D eigenvalue weighted by atomic mass is 10.1. The molecule has 0 radical (unpaired) electrons. The first-order valence-corrected chi connectivity index (χ1v) is 8.92. The molecule has 4 rings (SSSR count). The van der Waals surface area contributed by atoms with Crippen LogP contribution in [-0.2, 0) is 0 Å². The number of nitrogens with one attached hydrogen (secondary N) is 1. The van der Waals surface area contributed by atoms with Gasteiger partial charge in [0, 0.05) is 18.1 Å². The maximum absolute atomic E-state index is 14.3. The molecule has 1 atom stereocenters. The second kappa shape index (κ2) is 7.52. The van der Waals surface area contributed by atoms with Crippen LogP contribution in [0.5, 0.6) is 0 Å². The first-order chi connectivity index (χ1) is 14.5. The van der Waals surface area contributed by atoms with Crippen molar-refractivity contribution in [2.75, 3.05) is 11.1 Å². The van der Waals surface area contributed by atoms with Crippen LogP contribution in [0, 0.1) is 17.1 Å². The van der Waals surface area contributed by atoms with E-state index in [2.05, 4.69) is 21.9 Å². The van der Waals surface area contributed by atoms with Crippen molar-refractivity contribution in [1.29, 1.82) is 5.26 Å². The number of benzene rings is 1. The minimum Gasteiger partial charge on any atom is -0.368 e. The van der Waals surface area contributed by atoms with Crippen LogP contribution < -0.4 is 16.6 Å². The highest BCUT2D eigenvalue weighted by Gasteiger charge is 2.21. The van der Waals surface area contributed by atoms with Crippen molar-refractivity contribution in [3.63, 3.8) is 0 Å². The Hall–Kier alpha value is -4.45. The van der Waals surface area contributed by atoms with Crippen LogP contribution in [0.3, 0.4) is 0 Å². The lowest BCUT2D eigenvalue weighted by molar-refractivity contribution is 0.637. The number of nitrogens with zero attached hydrogens (tertiary/aromatic N) is 5. The zero-order valence-electron chi connectivity index (χ0n) is 15.7. The van der Waals surface area contributed by atoms with Crippen molar-refractivity contribution in [3.8, 4) is 11.8 Å². The second-order valence-electron chi connectivity index (χ2n) is 6.41. The summed E-state index contributed by atoms with van der Waals surface area (Å²) in [5.41, 5.74) is 6.25. The van der Waals surface area contributed by atoms with E-state index in [9.17, 15) is 14.4 Å². The zero-order valence-corrected chi connectivity index (χ0v) is 15.7. The molecule has 3 N–H and O–H groups in total. The Morgan fingerprint density at radius 1 is 1.30 bits per heavy atom. The van der Waals surface area contributed by atoms with E-state index in [1.807, 2.05) is 12.1 Å². The van der Waals surface area contributed by atoms with Crippen LogP contribution in [0.25, 0.3) is 11.2 Å². The summed E-state index contributed by atoms with van der Waals surface area (Å²) in [6.07, 6.45) is 5.95. The molecule has 3 heterocycles. The van der Waals surface area contributed by atoms with E-state index >= 15 is 0 Å². The third-order valence-corrected chi connectivity index (χ3v) is 4.59. The third-order valence-electron chi connectivity index (χ3n) is 4.59. The highest BCUT2D eigenvalue weighted by molar-refractivity contribution is 5.56. The molecule has 1 aromatic carbocycles. The van der Waals surface area contributed by atoms with Gasteiger partial charge in [0.25, 0.3) is 5.56 Å². The molecule has 3 aromatic heterocycles. The monoisotopic (exact) mass is 401 g/mol. The Bertz CT molecular complexity index is 1350. The number of aromatic nitrogens is 4. The molecular weight excluding hydrogens is 385 g/mol. The van der Waals surface area contributed by atoms with Gasteiger partial charge in [0.05, 0.1) is 17.9 Å². The molecule has 0 amide bonds. The first kappa shape index (κ1) is 18.9. The molecule has 0 aliphatic carbocycles. The standard InChI is InChI=1S/C21H16FN7O/c1-2-16(26-19-13(10-23)11-25-21(24)27-19)17-12-28-9-8-15(22)18(28)20(30)29(17)14-6-4-3-5-7-14/h2-9,11-12,16H,1H2,(H3,24,25,26,27)/t16-/m0/s1. The number of nitriles is 1. The quantitative estimate of drug-likeness (QED) is 0.497. The molecule has 0 aliphatic rings. The van der Waals surface area contributed by atoms with Crippen molar-refractivity contribution >= 4 is 17.3 Å². The maximum Gasteiger partial charge on any atom is 0.282 e. The van der Waals surface area contributed by atoms with Gasteiger partial charge in [-0.1, -0.05) is 24.3 Å². The summed E-state index contributed by atoms with van der Waals surface area (Å²) in [6, 6.07) is 11.4. The number of rotatable bonds is 5. The lowest BCUT2D eigenvalue weighted by Gasteiger charge is -2.22. The fourth-order valence-corrected chi connectivity index (χ4v) is 3.22. The van der Waals surface area contributed by atoms with E-state index in [0.29, 0.717) is 11.4 Å². The minimum absolute atomic E-state index is 0.0114. The maximum atomic E-state index is 14.3. The van der Waals surface area contributed by atoms with Crippen LogP contribution in [0.1, 0.15) is 17.3 Å². The molecule has 9 heteroatoms. The highest BCUT2D eigenvalue weighted by Crippen LogP contribution is 2.24. The minimum atomic E-state index is -0.658. The molecule has 148 valence electrons. The molecule has 4 aromatic rings. The van der Waals surface area contributed by atoms with E-state index in [1.165, 1.54) is 27.4 Å². The summed E-state index contributed by atoms with van der Waals surface area (Å²) in [4.78, 5) is 21.1. The van der Waals surface area contributed by atoms with E-state index in [4.69, 9.17) is 5.73 Å². The number of hydrogen-bond acceptors (Lipinski definition) is 6. The van der Waals surface area contributed by atoms with Crippen molar-refractivity contribution in [3.05, 3.63) is 95.1 Å². The predicted octanol–water partition coefficient (Wildman–Crippen LogP) is 2.81. The fourth-order valence-electron chi connectivity index (χ4n) is 3.22. The number of para-hydroxylation sites is 1. The Morgan fingerprint density at radius 2 is 2.07 bits per heavy atom. The number of nitrogen functional groups attached to an aromatic ring is 1. The molecule has 0 aliphatic heterocycles. The van der Waals surface area contributed by atoms with Gasteiger partial charge in [-0.05, 0) is 18.2 Å². The van der Waals surface area contributed by atoms with Crippen molar-refractivity contribution in [2.45, 2.75) is 6.04 Å². The number of halogens is 1. The third kappa shape index (κ3) is 3.16. The first-order valence-electron chi connectivity index (χ1n) is 8.92. The normalized spacial score (nSPS) is 11.7. The highest BCUT2D eigenvalue weighted by atomic mass is 19.1. The Labute approximate surface area is 170 Å². The van der Waals surface area contributed by atoms with Gasteiger partial charge in [-0.25, -0.2) is 9.37 Å². The molecule has 0 saturated heterocycles. The summed E-state index contributed by atoms with van der Waals surface area (Å²) in [5, 5.41) is 12.4. The summed E-state index contributed by atoms with van der Waals surface area (Å²) in [5.74, 6) is -0.432. The molecule has 0 unspecified atom stereocenters. The van der Waals surface area contributed by atoms with Crippen LogP contribution in [0.4, 0.5) is 16.2 Å². The molecule has 0 fully saturated rings. The van der Waals surface area contributed by atoms with E-state index < -0.39 is 17.4 Å². The van der Waals surface area contributed by atoms with Gasteiger partial charge in [-0.2, -0.15) is 10.2 Å². The van der Waals surface area contributed by atoms with Gasteiger partial charge in [0.2, 0.25) is 5.95 Å². The molecule has 0 bridgehead atoms. The number of fused-ring (bicyclic) bond motifs is 1. The van der Waals surface area contributed by atoms with Crippen molar-refractivity contribution < 1.29 is 4.39 Å². The average Bonchev–Trinajstić information content (AvgIpc) is 3.13. The molecule has 30 heavy (non-hydrogen) atoms. The van der Waals surface area contributed by atoms with E-state index in [0.717, 1.165) is 0 Å². The van der Waals surface area contributed by atoms with Crippen LogP contribution >= 0.6 is 0 Å². The molecule has 8 nitrogen and oxygen atoms in total. The van der Waals surface area contributed by atoms with Crippen LogP contribution in [0.15, 0.2) is 72.4 Å². The summed E-state index contributed by atoms with van der Waals surface area (Å²) < 4.78 is 17.1. The Kier molecular flexibility index (Phi) is 4.74. The summed E-state index contributed by atoms with van der Waals surface area (Å²) in [6.45, 7) is 3.84. The topological polar surface area (TPSA) is 114 Å². The summed E-state index contributed by atoms with van der Waals surface area (Å²) >= 11 is 0. The van der Waals surface area contributed by atoms with Gasteiger partial charge < -0.3 is 15.5 Å². The van der Waals surface area contributed by atoms with Crippen LogP contribution in [0.2, 0.25) is 0 Å². The summed E-state index contributed by atoms with van der Waals surface area (Å²) in [7, 11) is 0. The van der Waals surface area contributed by atoms with Gasteiger partial charge in [-0.15, -0.1) is 6.58 Å². The number of anilines is 2. The smallest absolute Gasteiger partial charge is 0.282 e. The molecule has 0 saturated carbocycles. The van der Waals surface area contributed by atoms with E-state index in [-0.39, 0.29) is 22.8 Å². The molecule has 0 spiro atoms. The SMILES string of the molecule is C=C[C@H](Nc1nc(N)ncc1C#N)c1cn2ccc(F)c2c(=O)n1-c1ccccc1. The van der Waals surface area contributed by atoms with Crippen molar-refractivity contribution in [2.24, 2.45) is 0 Å². The number of hydrogen-bond donors (Lipinski definition) is 2. The fraction of sp³-hybridized carbons (Fsp3) is 0.0476. The Morgan fingerprint density at radius 3 is 2.77 bits per heavy atom. The van der Waals surface area contributed by atoms with Gasteiger partial charge in [0.15, 0.2) is 5.82 Å². The van der Waals surface area contributed by atoms with Crippen LogP contribution in [-0.4, -0.2) is 18.9 Å². The second-order valence-corrected chi connectivity index (χ2v) is 6.41. The largest absolute Gasteiger partial charge is 0.368 e.